The molecule has 5 aromatic rings. The van der Waals surface area contributed by atoms with Gasteiger partial charge in [-0.15, -0.1) is 0 Å². The molecule has 0 fully saturated rings. The molecule has 0 atom stereocenters. The topological polar surface area (TPSA) is 155 Å². The normalized spacial score (nSPS) is 11.2. The molecule has 3 aromatic heterocycles. The quantitative estimate of drug-likeness (QED) is 0.259. The van der Waals surface area contributed by atoms with Crippen LogP contribution in [-0.4, -0.2) is 54.3 Å². The van der Waals surface area contributed by atoms with Gasteiger partial charge in [-0.3, -0.25) is 0 Å². The van der Waals surface area contributed by atoms with Crippen LogP contribution in [0.3, 0.4) is 0 Å². The van der Waals surface area contributed by atoms with Gasteiger partial charge in [0.25, 0.3) is 0 Å². The summed E-state index contributed by atoms with van der Waals surface area (Å²) in [5.74, 6) is 2.24. The van der Waals surface area contributed by atoms with E-state index in [4.69, 9.17) is 41.7 Å². The Balaban J connectivity index is 1.63. The molecule has 0 spiro atoms. The average molecular weight is 551 g/mol. The zero-order valence-electron chi connectivity index (χ0n) is 21.8. The fraction of sp³-hybridized carbons (Fsp3) is 0.222. The Kier molecular flexibility index (Phi) is 6.83. The highest BCUT2D eigenvalue weighted by molar-refractivity contribution is 6.31. The molecule has 0 saturated heterocycles. The van der Waals surface area contributed by atoms with E-state index in [1.165, 1.54) is 4.90 Å². The van der Waals surface area contributed by atoms with Crippen molar-refractivity contribution < 1.29 is 23.4 Å². The molecular weight excluding hydrogens is 524 g/mol. The van der Waals surface area contributed by atoms with Crippen molar-refractivity contribution in [2.75, 3.05) is 39.8 Å². The number of H-pyrrole nitrogens is 1. The lowest BCUT2D eigenvalue weighted by Gasteiger charge is -2.12. The number of hydrogen-bond acceptors (Lipinski definition) is 9. The summed E-state index contributed by atoms with van der Waals surface area (Å²) in [4.78, 5) is 25.1. The minimum atomic E-state index is -0.518. The summed E-state index contributed by atoms with van der Waals surface area (Å²) >= 11 is 6.30. The van der Waals surface area contributed by atoms with E-state index in [1.54, 1.807) is 40.6 Å². The van der Waals surface area contributed by atoms with E-state index in [1.807, 2.05) is 24.3 Å². The number of nitrogen functional groups attached to an aromatic ring is 2. The number of fused-ring (bicyclic) bond motifs is 2. The summed E-state index contributed by atoms with van der Waals surface area (Å²) in [6.07, 6.45) is 1.78. The number of aromatic nitrogens is 3. The van der Waals surface area contributed by atoms with E-state index in [2.05, 4.69) is 15.0 Å². The van der Waals surface area contributed by atoms with Crippen LogP contribution in [0.4, 0.5) is 16.6 Å². The third-order valence-electron chi connectivity index (χ3n) is 6.32. The zero-order chi connectivity index (χ0) is 27.8. The fourth-order valence-corrected chi connectivity index (χ4v) is 4.60. The molecule has 0 radical (unpaired) electrons. The lowest BCUT2D eigenvalue weighted by atomic mass is 10.0. The number of aromatic amines is 1. The maximum absolute atomic E-state index is 12.4. The molecule has 0 saturated carbocycles. The van der Waals surface area contributed by atoms with Gasteiger partial charge in [0, 0.05) is 65.6 Å². The molecule has 0 aliphatic heterocycles. The number of ether oxygens (including phenoxy) is 3. The molecule has 11 nitrogen and oxygen atoms in total. The molecule has 3 heterocycles. The van der Waals surface area contributed by atoms with Crippen LogP contribution in [-0.2, 0) is 12.8 Å². The van der Waals surface area contributed by atoms with Gasteiger partial charge in [0.15, 0.2) is 11.3 Å². The molecule has 39 heavy (non-hydrogen) atoms. The SMILES string of the molecule is COc1cc(Cc2cnc(N)nc2N)c2cc(Cc3c(OC(=O)N(C)C)[nH]c4ccc(Cl)cc34)oc2c1OC. The molecule has 0 unspecified atom stereocenters. The standard InChI is InChI=1S/C27H27ClN6O5/c1-34(2)27(35)39-25-19(18-9-15(28)5-6-20(18)32-25)11-16-10-17-13(7-14-12-31-26(30)33-24(14)29)8-21(36-3)23(37-4)22(17)38-16/h5-6,8-10,12,32H,7,11H2,1-4H3,(H4,29,30,31,33). The average Bonchev–Trinajstić information content (AvgIpc) is 3.46. The predicted molar refractivity (Wildman–Crippen MR) is 149 cm³/mol. The number of nitrogens with two attached hydrogens (primary N) is 2. The number of hydrogen-bond donors (Lipinski definition) is 3. The Bertz CT molecular complexity index is 1710. The second kappa shape index (κ2) is 10.3. The molecule has 5 rings (SSSR count). The predicted octanol–water partition coefficient (Wildman–Crippen LogP) is 4.78. The Morgan fingerprint density at radius 2 is 1.87 bits per heavy atom. The molecule has 0 aliphatic carbocycles. The number of halogens is 1. The van der Waals surface area contributed by atoms with Gasteiger partial charge in [-0.25, -0.2) is 9.78 Å². The first-order valence-corrected chi connectivity index (χ1v) is 12.3. The monoisotopic (exact) mass is 550 g/mol. The molecule has 0 bridgehead atoms. The lowest BCUT2D eigenvalue weighted by molar-refractivity contribution is 0.170. The molecular formula is C27H27ClN6O5. The van der Waals surface area contributed by atoms with Crippen molar-refractivity contribution in [1.29, 1.82) is 0 Å². The third-order valence-corrected chi connectivity index (χ3v) is 6.56. The minimum Gasteiger partial charge on any atom is -0.493 e. The highest BCUT2D eigenvalue weighted by Crippen LogP contribution is 2.42. The van der Waals surface area contributed by atoms with E-state index in [0.29, 0.717) is 57.7 Å². The number of furan rings is 1. The minimum absolute atomic E-state index is 0.101. The Morgan fingerprint density at radius 1 is 1.08 bits per heavy atom. The second-order valence-corrected chi connectivity index (χ2v) is 9.54. The van der Waals surface area contributed by atoms with Crippen molar-refractivity contribution in [3.8, 4) is 17.4 Å². The van der Waals surface area contributed by atoms with Gasteiger partial charge in [0.2, 0.25) is 17.6 Å². The number of benzene rings is 2. The van der Waals surface area contributed by atoms with Gasteiger partial charge in [-0.2, -0.15) is 4.98 Å². The Labute approximate surface area is 228 Å². The summed E-state index contributed by atoms with van der Waals surface area (Å²) in [6, 6.07) is 9.20. The van der Waals surface area contributed by atoms with Crippen molar-refractivity contribution in [3.63, 3.8) is 0 Å². The zero-order valence-corrected chi connectivity index (χ0v) is 22.5. The summed E-state index contributed by atoms with van der Waals surface area (Å²) in [6.45, 7) is 0. The number of carbonyl (C=O) groups is 1. The number of nitrogens with one attached hydrogen (secondary N) is 1. The van der Waals surface area contributed by atoms with Crippen LogP contribution in [0.2, 0.25) is 5.02 Å². The van der Waals surface area contributed by atoms with E-state index in [9.17, 15) is 4.79 Å². The molecule has 2 aromatic carbocycles. The number of nitrogens with zero attached hydrogens (tertiary/aromatic N) is 3. The lowest BCUT2D eigenvalue weighted by Crippen LogP contribution is -2.25. The van der Waals surface area contributed by atoms with Crippen LogP contribution in [0, 0.1) is 0 Å². The van der Waals surface area contributed by atoms with Crippen LogP contribution in [0.25, 0.3) is 21.9 Å². The van der Waals surface area contributed by atoms with Gasteiger partial charge >= 0.3 is 6.09 Å². The molecule has 202 valence electrons. The van der Waals surface area contributed by atoms with E-state index >= 15 is 0 Å². The van der Waals surface area contributed by atoms with E-state index < -0.39 is 6.09 Å². The van der Waals surface area contributed by atoms with Crippen molar-refractivity contribution in [2.24, 2.45) is 0 Å². The summed E-state index contributed by atoms with van der Waals surface area (Å²) in [5.41, 5.74) is 15.3. The van der Waals surface area contributed by atoms with Crippen molar-refractivity contribution in [3.05, 3.63) is 64.0 Å². The van der Waals surface area contributed by atoms with Gasteiger partial charge in [0.05, 0.1) is 14.2 Å². The van der Waals surface area contributed by atoms with Gasteiger partial charge in [-0.1, -0.05) is 11.6 Å². The van der Waals surface area contributed by atoms with Crippen LogP contribution in [0.5, 0.6) is 17.4 Å². The number of amides is 1. The fourth-order valence-electron chi connectivity index (χ4n) is 4.43. The Morgan fingerprint density at radius 3 is 2.56 bits per heavy atom. The first kappa shape index (κ1) is 26.0. The second-order valence-electron chi connectivity index (χ2n) is 9.10. The van der Waals surface area contributed by atoms with Crippen LogP contribution >= 0.6 is 11.6 Å². The largest absolute Gasteiger partial charge is 0.493 e. The van der Waals surface area contributed by atoms with Crippen molar-refractivity contribution in [2.45, 2.75) is 12.8 Å². The number of anilines is 2. The maximum Gasteiger partial charge on any atom is 0.415 e. The third kappa shape index (κ3) is 4.96. The van der Waals surface area contributed by atoms with Gasteiger partial charge in [0.1, 0.15) is 11.6 Å². The number of methoxy groups -OCH3 is 2. The maximum atomic E-state index is 12.4. The first-order chi connectivity index (χ1) is 18.7. The van der Waals surface area contributed by atoms with Gasteiger partial charge in [-0.05, 0) is 35.9 Å². The molecule has 0 aliphatic rings. The molecule has 1 amide bonds. The highest BCUT2D eigenvalue weighted by Gasteiger charge is 2.23. The summed E-state index contributed by atoms with van der Waals surface area (Å²) in [7, 11) is 6.33. The smallest absolute Gasteiger partial charge is 0.415 e. The van der Waals surface area contributed by atoms with Crippen LogP contribution < -0.4 is 25.7 Å². The number of carbonyl (C=O) groups excluding carboxylic acids is 1. The highest BCUT2D eigenvalue weighted by atomic mass is 35.5. The number of rotatable bonds is 7. The molecule has 5 N–H and O–H groups in total. The first-order valence-electron chi connectivity index (χ1n) is 11.9. The molecule has 12 heteroatoms. The van der Waals surface area contributed by atoms with E-state index in [0.717, 1.165) is 21.9 Å². The summed E-state index contributed by atoms with van der Waals surface area (Å²) < 4.78 is 23.2. The van der Waals surface area contributed by atoms with Crippen molar-refractivity contribution in [1.82, 2.24) is 19.9 Å². The Hall–Kier alpha value is -4.64. The van der Waals surface area contributed by atoms with Crippen LogP contribution in [0.1, 0.15) is 22.5 Å². The summed E-state index contributed by atoms with van der Waals surface area (Å²) in [5, 5.41) is 2.15. The van der Waals surface area contributed by atoms with Gasteiger partial charge < -0.3 is 40.0 Å². The van der Waals surface area contributed by atoms with Crippen molar-refractivity contribution >= 4 is 51.3 Å². The van der Waals surface area contributed by atoms with Crippen LogP contribution in [0.15, 0.2) is 40.9 Å². The van der Waals surface area contributed by atoms with E-state index in [-0.39, 0.29) is 11.8 Å².